The van der Waals surface area contributed by atoms with Gasteiger partial charge in [0.15, 0.2) is 0 Å². The molecule has 2 saturated heterocycles. The smallest absolute Gasteiger partial charge is 0.142 e. The molecule has 2 aliphatic heterocycles. The molecular formula is C16H21ClF2N2O. The maximum atomic E-state index is 14.5. The standard InChI is InChI=1S/C16H21ClF2N2O/c17-15-13(19)2-1-12(18)14(15)16(11-3-9-22-10-4-11)21-7-5-20-6-8-21/h1-2,11,16,20H,3-10H2/t16-/m0/s1. The number of hydrogen-bond acceptors (Lipinski definition) is 3. The molecule has 3 rings (SSSR count). The number of halogens is 3. The van der Waals surface area contributed by atoms with Crippen LogP contribution in [0.5, 0.6) is 0 Å². The highest BCUT2D eigenvalue weighted by Crippen LogP contribution is 2.40. The molecule has 0 aromatic heterocycles. The number of hydrogen-bond donors (Lipinski definition) is 1. The fourth-order valence-electron chi connectivity index (χ4n) is 3.52. The zero-order chi connectivity index (χ0) is 15.5. The van der Waals surface area contributed by atoms with Gasteiger partial charge in [-0.05, 0) is 30.9 Å². The van der Waals surface area contributed by atoms with Crippen LogP contribution in [0.15, 0.2) is 12.1 Å². The summed E-state index contributed by atoms with van der Waals surface area (Å²) in [6, 6.07) is 2.10. The molecule has 1 N–H and O–H groups in total. The van der Waals surface area contributed by atoms with Gasteiger partial charge in [-0.15, -0.1) is 0 Å². The lowest BCUT2D eigenvalue weighted by Crippen LogP contribution is -2.48. The fourth-order valence-corrected chi connectivity index (χ4v) is 3.79. The normalized spacial score (nSPS) is 22.7. The SMILES string of the molecule is Fc1ccc(F)c([C@H](C2CCOCC2)N2CCNCC2)c1Cl. The Kier molecular flexibility index (Phi) is 5.29. The largest absolute Gasteiger partial charge is 0.381 e. The van der Waals surface area contributed by atoms with Crippen LogP contribution in [-0.2, 0) is 4.74 Å². The van der Waals surface area contributed by atoms with E-state index in [-0.39, 0.29) is 17.0 Å². The molecule has 0 bridgehead atoms. The van der Waals surface area contributed by atoms with E-state index in [0.29, 0.717) is 18.8 Å². The van der Waals surface area contributed by atoms with E-state index in [1.165, 1.54) is 6.07 Å². The first-order chi connectivity index (χ1) is 10.7. The first-order valence-corrected chi connectivity index (χ1v) is 8.22. The highest BCUT2D eigenvalue weighted by molar-refractivity contribution is 6.31. The van der Waals surface area contributed by atoms with Crippen LogP contribution in [0.3, 0.4) is 0 Å². The Morgan fingerprint density at radius 2 is 1.77 bits per heavy atom. The highest BCUT2D eigenvalue weighted by Gasteiger charge is 2.35. The number of ether oxygens (including phenoxy) is 1. The van der Waals surface area contributed by atoms with Crippen molar-refractivity contribution in [2.24, 2.45) is 5.92 Å². The topological polar surface area (TPSA) is 24.5 Å². The van der Waals surface area contributed by atoms with Gasteiger partial charge in [0.05, 0.1) is 5.02 Å². The minimum absolute atomic E-state index is 0.0741. The number of rotatable bonds is 3. The van der Waals surface area contributed by atoms with Crippen LogP contribution < -0.4 is 5.32 Å². The molecule has 0 aliphatic carbocycles. The molecule has 2 fully saturated rings. The summed E-state index contributed by atoms with van der Waals surface area (Å²) in [6.07, 6.45) is 1.70. The van der Waals surface area contributed by atoms with E-state index in [4.69, 9.17) is 16.3 Å². The van der Waals surface area contributed by atoms with Crippen LogP contribution in [0.25, 0.3) is 0 Å². The van der Waals surface area contributed by atoms with Gasteiger partial charge in [-0.25, -0.2) is 8.78 Å². The monoisotopic (exact) mass is 330 g/mol. The van der Waals surface area contributed by atoms with Gasteiger partial charge in [-0.2, -0.15) is 0 Å². The molecule has 2 aliphatic rings. The first kappa shape index (κ1) is 16.1. The molecule has 0 amide bonds. The van der Waals surface area contributed by atoms with Crippen molar-refractivity contribution in [2.45, 2.75) is 18.9 Å². The summed E-state index contributed by atoms with van der Waals surface area (Å²) >= 11 is 6.14. The Balaban J connectivity index is 1.98. The summed E-state index contributed by atoms with van der Waals surface area (Å²) in [5.41, 5.74) is 0.315. The van der Waals surface area contributed by atoms with Gasteiger partial charge >= 0.3 is 0 Å². The summed E-state index contributed by atoms with van der Waals surface area (Å²) in [7, 11) is 0. The molecule has 0 spiro atoms. The molecule has 122 valence electrons. The number of nitrogens with zero attached hydrogens (tertiary/aromatic N) is 1. The van der Waals surface area contributed by atoms with Gasteiger partial charge in [-0.3, -0.25) is 4.90 Å². The van der Waals surface area contributed by atoms with E-state index in [1.807, 2.05) is 0 Å². The van der Waals surface area contributed by atoms with Crippen molar-refractivity contribution >= 4 is 11.6 Å². The third kappa shape index (κ3) is 3.27. The van der Waals surface area contributed by atoms with E-state index < -0.39 is 11.6 Å². The van der Waals surface area contributed by atoms with Crippen LogP contribution >= 0.6 is 11.6 Å². The van der Waals surface area contributed by atoms with Crippen LogP contribution in [0, 0.1) is 17.6 Å². The van der Waals surface area contributed by atoms with Gasteiger partial charge in [0.2, 0.25) is 0 Å². The van der Waals surface area contributed by atoms with Crippen LogP contribution in [0.1, 0.15) is 24.4 Å². The van der Waals surface area contributed by atoms with Crippen molar-refractivity contribution < 1.29 is 13.5 Å². The lowest BCUT2D eigenvalue weighted by Gasteiger charge is -2.41. The van der Waals surface area contributed by atoms with Crippen molar-refractivity contribution in [3.8, 4) is 0 Å². The van der Waals surface area contributed by atoms with Crippen molar-refractivity contribution in [1.29, 1.82) is 0 Å². The van der Waals surface area contributed by atoms with Gasteiger partial charge in [0.1, 0.15) is 11.6 Å². The Hall–Kier alpha value is -0.750. The second-order valence-electron chi connectivity index (χ2n) is 5.94. The molecule has 22 heavy (non-hydrogen) atoms. The number of piperazine rings is 1. The molecule has 1 aromatic carbocycles. The molecule has 6 heteroatoms. The molecule has 2 heterocycles. The maximum absolute atomic E-state index is 14.5. The second kappa shape index (κ2) is 7.21. The van der Waals surface area contributed by atoms with E-state index in [0.717, 1.165) is 45.1 Å². The summed E-state index contributed by atoms with van der Waals surface area (Å²) in [5.74, 6) is -0.729. The first-order valence-electron chi connectivity index (χ1n) is 7.84. The van der Waals surface area contributed by atoms with Gasteiger partial charge in [0.25, 0.3) is 0 Å². The minimum atomic E-state index is -0.551. The molecule has 1 aromatic rings. The molecule has 1 atom stereocenters. The predicted octanol–water partition coefficient (Wildman–Crippen LogP) is 2.99. The Bertz CT molecular complexity index is 499. The third-order valence-corrected chi connectivity index (χ3v) is 5.02. The van der Waals surface area contributed by atoms with Gasteiger partial charge in [-0.1, -0.05) is 11.6 Å². The minimum Gasteiger partial charge on any atom is -0.381 e. The Morgan fingerprint density at radius 3 is 2.45 bits per heavy atom. The summed E-state index contributed by atoms with van der Waals surface area (Å²) in [5, 5.41) is 3.22. The zero-order valence-electron chi connectivity index (χ0n) is 12.5. The van der Waals surface area contributed by atoms with Gasteiger partial charge < -0.3 is 10.1 Å². The van der Waals surface area contributed by atoms with Crippen LogP contribution in [-0.4, -0.2) is 44.3 Å². The van der Waals surface area contributed by atoms with Crippen molar-refractivity contribution in [3.05, 3.63) is 34.4 Å². The molecule has 0 saturated carbocycles. The van der Waals surface area contributed by atoms with E-state index in [9.17, 15) is 8.78 Å². The predicted molar refractivity (Wildman–Crippen MR) is 82.1 cm³/mol. The molecule has 0 radical (unpaired) electrons. The van der Waals surface area contributed by atoms with Crippen LogP contribution in [0.4, 0.5) is 8.78 Å². The average Bonchev–Trinajstić information content (AvgIpc) is 2.57. The number of nitrogens with one attached hydrogen (secondary N) is 1. The molecular weight excluding hydrogens is 310 g/mol. The zero-order valence-corrected chi connectivity index (χ0v) is 13.2. The van der Waals surface area contributed by atoms with E-state index >= 15 is 0 Å². The molecule has 0 unspecified atom stereocenters. The number of benzene rings is 1. The van der Waals surface area contributed by atoms with Crippen molar-refractivity contribution in [1.82, 2.24) is 10.2 Å². The van der Waals surface area contributed by atoms with E-state index in [2.05, 4.69) is 10.2 Å². The lowest BCUT2D eigenvalue weighted by atomic mass is 9.85. The lowest BCUT2D eigenvalue weighted by molar-refractivity contribution is 0.0202. The Morgan fingerprint density at radius 1 is 1.14 bits per heavy atom. The van der Waals surface area contributed by atoms with Crippen LogP contribution in [0.2, 0.25) is 5.02 Å². The van der Waals surface area contributed by atoms with E-state index in [1.54, 1.807) is 0 Å². The Labute approximate surface area is 134 Å². The third-order valence-electron chi connectivity index (χ3n) is 4.63. The summed E-state index contributed by atoms with van der Waals surface area (Å²) < 4.78 is 33.8. The van der Waals surface area contributed by atoms with Gasteiger partial charge in [0, 0.05) is 51.0 Å². The summed E-state index contributed by atoms with van der Waals surface area (Å²) in [4.78, 5) is 2.23. The quantitative estimate of drug-likeness (QED) is 0.862. The van der Waals surface area contributed by atoms with Crippen molar-refractivity contribution in [3.63, 3.8) is 0 Å². The fraction of sp³-hybridized carbons (Fsp3) is 0.625. The van der Waals surface area contributed by atoms with Crippen molar-refractivity contribution in [2.75, 3.05) is 39.4 Å². The summed E-state index contributed by atoms with van der Waals surface area (Å²) in [6.45, 7) is 4.68. The average molecular weight is 331 g/mol. The maximum Gasteiger partial charge on any atom is 0.142 e. The second-order valence-corrected chi connectivity index (χ2v) is 6.32. The highest BCUT2D eigenvalue weighted by atomic mass is 35.5. The molecule has 3 nitrogen and oxygen atoms in total.